The Labute approximate surface area is 159 Å². The second kappa shape index (κ2) is 9.47. The number of aliphatic imine (C=N–C) groups is 2. The van der Waals surface area contributed by atoms with Crippen LogP contribution in [0.1, 0.15) is 52.7 Å². The maximum atomic E-state index is 4.57. The summed E-state index contributed by atoms with van der Waals surface area (Å²) in [5, 5.41) is 0. The Morgan fingerprint density at radius 2 is 0.962 bits per heavy atom. The van der Waals surface area contributed by atoms with Gasteiger partial charge in [-0.05, 0) is 35.1 Å². The number of hydrogen-bond acceptors (Lipinski definition) is 2. The molecule has 2 aliphatic heterocycles. The van der Waals surface area contributed by atoms with Crippen LogP contribution in [0.4, 0.5) is 11.4 Å². The highest BCUT2D eigenvalue weighted by Crippen LogP contribution is 2.28. The molecule has 2 heteroatoms. The molecule has 2 aromatic rings. The molecule has 0 radical (unpaired) electrons. The predicted octanol–water partition coefficient (Wildman–Crippen LogP) is 6.97. The largest absolute Gasteiger partial charge is 0.257 e. The van der Waals surface area contributed by atoms with E-state index in [-0.39, 0.29) is 0 Å². The zero-order valence-electron chi connectivity index (χ0n) is 17.1. The monoisotopic (exact) mass is 348 g/mol. The molecule has 0 unspecified atom stereocenters. The van der Waals surface area contributed by atoms with Crippen LogP contribution in [-0.4, -0.2) is 11.4 Å². The van der Waals surface area contributed by atoms with Crippen molar-refractivity contribution in [2.75, 3.05) is 0 Å². The van der Waals surface area contributed by atoms with E-state index < -0.39 is 0 Å². The van der Waals surface area contributed by atoms with Crippen LogP contribution in [0.3, 0.4) is 0 Å². The van der Waals surface area contributed by atoms with Gasteiger partial charge in [0.25, 0.3) is 0 Å². The Hall–Kier alpha value is -2.22. The smallest absolute Gasteiger partial charge is 0.0665 e. The third-order valence-electron chi connectivity index (χ3n) is 4.59. The molecule has 0 amide bonds. The van der Waals surface area contributed by atoms with E-state index in [4.69, 9.17) is 0 Å². The minimum Gasteiger partial charge on any atom is -0.257 e. The van der Waals surface area contributed by atoms with Gasteiger partial charge in [0.1, 0.15) is 0 Å². The van der Waals surface area contributed by atoms with Gasteiger partial charge in [-0.1, -0.05) is 77.9 Å². The van der Waals surface area contributed by atoms with Gasteiger partial charge < -0.3 is 0 Å². The van der Waals surface area contributed by atoms with Gasteiger partial charge in [-0.2, -0.15) is 0 Å². The van der Waals surface area contributed by atoms with Gasteiger partial charge >= 0.3 is 0 Å². The second-order valence-electron chi connectivity index (χ2n) is 7.13. The Morgan fingerprint density at radius 3 is 1.27 bits per heavy atom. The number of hydrogen-bond donors (Lipinski definition) is 0. The lowest BCUT2D eigenvalue weighted by Gasteiger charge is -2.01. The summed E-state index contributed by atoms with van der Waals surface area (Å²) in [4.78, 5) is 9.14. The average Bonchev–Trinajstić information content (AvgIpc) is 3.28. The van der Waals surface area contributed by atoms with E-state index >= 15 is 0 Å². The van der Waals surface area contributed by atoms with Crippen molar-refractivity contribution < 1.29 is 0 Å². The number of benzene rings is 2. The van der Waals surface area contributed by atoms with Gasteiger partial charge in [-0.15, -0.1) is 0 Å². The summed E-state index contributed by atoms with van der Waals surface area (Å²) in [7, 11) is 0. The summed E-state index contributed by atoms with van der Waals surface area (Å²) in [6.07, 6.45) is 2.10. The zero-order valence-corrected chi connectivity index (χ0v) is 17.1. The highest BCUT2D eigenvalue weighted by molar-refractivity contribution is 5.95. The molecule has 0 aromatic heterocycles. The lowest BCUT2D eigenvalue weighted by Crippen LogP contribution is -2.06. The van der Waals surface area contributed by atoms with Crippen molar-refractivity contribution in [3.05, 3.63) is 59.7 Å². The van der Waals surface area contributed by atoms with Crippen LogP contribution >= 0.6 is 0 Å². The Balaban J connectivity index is 0.000000171. The topological polar surface area (TPSA) is 24.7 Å². The molecule has 2 aromatic carbocycles. The van der Waals surface area contributed by atoms with Gasteiger partial charge in [0.15, 0.2) is 0 Å². The molecule has 0 bridgehead atoms. The summed E-state index contributed by atoms with van der Waals surface area (Å²) in [5.41, 5.74) is 7.72. The van der Waals surface area contributed by atoms with Gasteiger partial charge in [0, 0.05) is 24.3 Å². The van der Waals surface area contributed by atoms with Gasteiger partial charge in [-0.3, -0.25) is 9.98 Å². The van der Waals surface area contributed by atoms with Crippen molar-refractivity contribution in [3.63, 3.8) is 0 Å². The molecular formula is C24H32N2. The van der Waals surface area contributed by atoms with Crippen LogP contribution in [0.5, 0.6) is 0 Å². The third kappa shape index (κ3) is 4.91. The Kier molecular flexibility index (Phi) is 7.32. The van der Waals surface area contributed by atoms with Gasteiger partial charge in [0.2, 0.25) is 0 Å². The van der Waals surface area contributed by atoms with Crippen LogP contribution in [0.15, 0.2) is 58.5 Å². The quantitative estimate of drug-likeness (QED) is 0.560. The summed E-state index contributed by atoms with van der Waals surface area (Å²) >= 11 is 0. The molecule has 2 heterocycles. The normalized spacial score (nSPS) is 13.8. The fourth-order valence-corrected chi connectivity index (χ4v) is 2.98. The molecule has 0 saturated heterocycles. The Bertz CT molecular complexity index is 715. The van der Waals surface area contributed by atoms with Crippen molar-refractivity contribution in [2.24, 2.45) is 21.8 Å². The van der Waals surface area contributed by atoms with E-state index in [2.05, 4.69) is 74.1 Å². The molecule has 26 heavy (non-hydrogen) atoms. The molecule has 138 valence electrons. The van der Waals surface area contributed by atoms with Gasteiger partial charge in [-0.25, -0.2) is 0 Å². The fourth-order valence-electron chi connectivity index (χ4n) is 2.98. The molecule has 2 nitrogen and oxygen atoms in total. The third-order valence-corrected chi connectivity index (χ3v) is 4.59. The zero-order chi connectivity index (χ0) is 19.1. The first kappa shape index (κ1) is 20.1. The lowest BCUT2D eigenvalue weighted by atomic mass is 10.0. The van der Waals surface area contributed by atoms with E-state index in [1.807, 2.05) is 26.0 Å². The number of para-hydroxylation sites is 2. The van der Waals surface area contributed by atoms with E-state index in [9.17, 15) is 0 Å². The van der Waals surface area contributed by atoms with Crippen LogP contribution in [0.2, 0.25) is 0 Å². The molecule has 0 spiro atoms. The summed E-state index contributed by atoms with van der Waals surface area (Å²) in [6.45, 7) is 12.8. The number of rotatable bonds is 2. The molecule has 0 aliphatic carbocycles. The van der Waals surface area contributed by atoms with Crippen molar-refractivity contribution in [2.45, 2.75) is 54.4 Å². The second-order valence-corrected chi connectivity index (χ2v) is 7.13. The Morgan fingerprint density at radius 1 is 0.615 bits per heavy atom. The fraction of sp³-hybridized carbons (Fsp3) is 0.417. The van der Waals surface area contributed by atoms with Crippen LogP contribution in [-0.2, 0) is 12.8 Å². The van der Waals surface area contributed by atoms with E-state index in [0.29, 0.717) is 11.8 Å². The van der Waals surface area contributed by atoms with Crippen molar-refractivity contribution in [1.29, 1.82) is 0 Å². The number of fused-ring (bicyclic) bond motifs is 2. The maximum Gasteiger partial charge on any atom is 0.0665 e. The van der Waals surface area contributed by atoms with Crippen molar-refractivity contribution in [1.82, 2.24) is 0 Å². The molecule has 4 rings (SSSR count). The molecule has 2 aliphatic rings. The van der Waals surface area contributed by atoms with Crippen molar-refractivity contribution in [3.8, 4) is 0 Å². The highest BCUT2D eigenvalue weighted by atomic mass is 14.8. The molecular weight excluding hydrogens is 316 g/mol. The standard InChI is InChI=1S/2C11H13N.C2H6/c2*1-8(2)11-7-9-5-3-4-6-10(9)12-11;1-2/h2*3-6,8H,7H2,1-2H3;1-2H3. The van der Waals surface area contributed by atoms with Crippen LogP contribution < -0.4 is 0 Å². The van der Waals surface area contributed by atoms with E-state index in [1.54, 1.807) is 0 Å². The predicted molar refractivity (Wildman–Crippen MR) is 116 cm³/mol. The summed E-state index contributed by atoms with van der Waals surface area (Å²) in [5.74, 6) is 1.16. The first-order valence-electron chi connectivity index (χ1n) is 9.85. The van der Waals surface area contributed by atoms with Crippen LogP contribution in [0, 0.1) is 11.8 Å². The first-order valence-corrected chi connectivity index (χ1v) is 9.85. The van der Waals surface area contributed by atoms with Crippen molar-refractivity contribution >= 4 is 22.8 Å². The van der Waals surface area contributed by atoms with E-state index in [0.717, 1.165) is 12.8 Å². The molecule has 0 fully saturated rings. The minimum atomic E-state index is 0.581. The highest BCUT2D eigenvalue weighted by Gasteiger charge is 2.16. The molecule has 0 saturated carbocycles. The minimum absolute atomic E-state index is 0.581. The SMILES string of the molecule is CC.CC(C)C1=Nc2ccccc2C1.CC(C)C1=Nc2ccccc2C1. The molecule has 0 N–H and O–H groups in total. The summed E-state index contributed by atoms with van der Waals surface area (Å²) < 4.78 is 0. The molecule has 0 atom stereocenters. The number of nitrogens with zero attached hydrogens (tertiary/aromatic N) is 2. The maximum absolute atomic E-state index is 4.57. The van der Waals surface area contributed by atoms with E-state index in [1.165, 1.54) is 33.9 Å². The van der Waals surface area contributed by atoms with Crippen LogP contribution in [0.25, 0.3) is 0 Å². The average molecular weight is 349 g/mol. The summed E-state index contributed by atoms with van der Waals surface area (Å²) in [6, 6.07) is 16.8. The lowest BCUT2D eigenvalue weighted by molar-refractivity contribution is 0.871. The first-order chi connectivity index (χ1) is 12.5. The van der Waals surface area contributed by atoms with Gasteiger partial charge in [0.05, 0.1) is 11.4 Å².